The van der Waals surface area contributed by atoms with Gasteiger partial charge in [0, 0.05) is 6.54 Å². The number of ether oxygens (including phenoxy) is 1. The number of nitrogen functional groups attached to an aromatic ring is 1. The summed E-state index contributed by atoms with van der Waals surface area (Å²) in [5.41, 5.74) is 3.25. The van der Waals surface area contributed by atoms with E-state index in [1.54, 1.807) is 0 Å². The molecule has 5 N–H and O–H groups in total. The lowest BCUT2D eigenvalue weighted by molar-refractivity contribution is 0.156. The van der Waals surface area contributed by atoms with Crippen molar-refractivity contribution in [3.8, 4) is 0 Å². The van der Waals surface area contributed by atoms with Crippen LogP contribution < -0.4 is 5.73 Å². The van der Waals surface area contributed by atoms with Crippen LogP contribution >= 0.6 is 15.0 Å². The van der Waals surface area contributed by atoms with E-state index < -0.39 is 27.0 Å². The van der Waals surface area contributed by atoms with Crippen LogP contribution in [0, 0.1) is 0 Å². The third kappa shape index (κ3) is 4.11. The van der Waals surface area contributed by atoms with E-state index in [0.717, 1.165) is 0 Å². The Kier molecular flexibility index (Phi) is 5.14. The third-order valence-electron chi connectivity index (χ3n) is 2.79. The van der Waals surface area contributed by atoms with E-state index in [4.69, 9.17) is 20.3 Å². The molecular formula is C9H14FN5O6P2. The molecule has 2 rings (SSSR count). The fourth-order valence-corrected chi connectivity index (χ4v) is 4.31. The van der Waals surface area contributed by atoms with Crippen molar-refractivity contribution in [2.45, 2.75) is 12.2 Å². The zero-order valence-electron chi connectivity index (χ0n) is 11.6. The summed E-state index contributed by atoms with van der Waals surface area (Å²) >= 11 is 0. The first kappa shape index (κ1) is 17.9. The van der Waals surface area contributed by atoms with Gasteiger partial charge in [0.15, 0.2) is 11.5 Å². The lowest BCUT2D eigenvalue weighted by Crippen LogP contribution is -2.11. The van der Waals surface area contributed by atoms with Crippen LogP contribution in [0.15, 0.2) is 12.7 Å². The highest BCUT2D eigenvalue weighted by Crippen LogP contribution is 2.62. The summed E-state index contributed by atoms with van der Waals surface area (Å²) in [7, 11) is -10.1. The van der Waals surface area contributed by atoms with E-state index in [1.165, 1.54) is 17.2 Å². The predicted molar refractivity (Wildman–Crippen MR) is 77.3 cm³/mol. The normalized spacial score (nSPS) is 16.3. The quantitative estimate of drug-likeness (QED) is 0.386. The number of nitrogens with two attached hydrogens (primary N) is 1. The molecule has 0 radical (unpaired) electrons. The number of nitrogens with zero attached hydrogens (tertiary/aromatic N) is 4. The van der Waals surface area contributed by atoms with Gasteiger partial charge >= 0.3 is 7.60 Å². The monoisotopic (exact) mass is 369 g/mol. The molecule has 0 saturated heterocycles. The van der Waals surface area contributed by atoms with E-state index in [1.807, 2.05) is 0 Å². The first-order chi connectivity index (χ1) is 10.6. The van der Waals surface area contributed by atoms with E-state index in [0.29, 0.717) is 11.2 Å². The van der Waals surface area contributed by atoms with Crippen LogP contribution in [-0.2, 0) is 20.4 Å². The fraction of sp³-hybridized carbons (Fsp3) is 0.444. The molecule has 0 aromatic carbocycles. The molecule has 23 heavy (non-hydrogen) atoms. The molecule has 2 heterocycles. The van der Waals surface area contributed by atoms with Crippen LogP contribution in [0.5, 0.6) is 0 Å². The van der Waals surface area contributed by atoms with E-state index in [2.05, 4.69) is 15.0 Å². The summed E-state index contributed by atoms with van der Waals surface area (Å²) in [6, 6.07) is 0. The second-order valence-electron chi connectivity index (χ2n) is 4.56. The summed E-state index contributed by atoms with van der Waals surface area (Å²) in [6.07, 6.45) is 1.63. The van der Waals surface area contributed by atoms with Gasteiger partial charge in [-0.3, -0.25) is 9.13 Å². The Hall–Kier alpha value is -1.42. The molecule has 0 fully saturated rings. The SMILES string of the molecule is Nc1ncnc2c1ncn2CCOCP(=O)(O)C(F)P(=O)(O)O. The van der Waals surface area contributed by atoms with Crippen LogP contribution in [0.25, 0.3) is 11.2 Å². The molecule has 0 aliphatic heterocycles. The largest absolute Gasteiger partial charge is 0.382 e. The van der Waals surface area contributed by atoms with Gasteiger partial charge in [-0.2, -0.15) is 0 Å². The minimum atomic E-state index is -5.32. The van der Waals surface area contributed by atoms with Gasteiger partial charge < -0.3 is 29.7 Å². The Morgan fingerprint density at radius 2 is 2.00 bits per heavy atom. The summed E-state index contributed by atoms with van der Waals surface area (Å²) in [5, 5.41) is 0. The Morgan fingerprint density at radius 3 is 2.65 bits per heavy atom. The molecular weight excluding hydrogens is 355 g/mol. The Balaban J connectivity index is 1.94. The van der Waals surface area contributed by atoms with Gasteiger partial charge in [-0.15, -0.1) is 0 Å². The van der Waals surface area contributed by atoms with Crippen molar-refractivity contribution in [1.82, 2.24) is 19.5 Å². The summed E-state index contributed by atoms with van der Waals surface area (Å²) in [5.74, 6) is 0.191. The van der Waals surface area contributed by atoms with Crippen LogP contribution in [0.4, 0.5) is 10.2 Å². The smallest absolute Gasteiger partial charge is 0.369 e. The topological polar surface area (TPSA) is 174 Å². The van der Waals surface area contributed by atoms with E-state index in [9.17, 15) is 18.4 Å². The molecule has 14 heteroatoms. The van der Waals surface area contributed by atoms with Crippen molar-refractivity contribution in [1.29, 1.82) is 0 Å². The van der Waals surface area contributed by atoms with Gasteiger partial charge in [0.2, 0.25) is 0 Å². The molecule has 2 aromatic rings. The average molecular weight is 369 g/mol. The molecule has 2 unspecified atom stereocenters. The highest BCUT2D eigenvalue weighted by Gasteiger charge is 2.44. The Morgan fingerprint density at radius 1 is 1.30 bits per heavy atom. The van der Waals surface area contributed by atoms with Crippen molar-refractivity contribution in [3.63, 3.8) is 0 Å². The number of hydrogen-bond acceptors (Lipinski definition) is 7. The number of aromatic nitrogens is 4. The number of hydrogen-bond donors (Lipinski definition) is 4. The molecule has 2 atom stereocenters. The zero-order valence-corrected chi connectivity index (χ0v) is 13.3. The average Bonchev–Trinajstić information content (AvgIpc) is 2.86. The molecule has 11 nitrogen and oxygen atoms in total. The van der Waals surface area contributed by atoms with Crippen LogP contribution in [0.3, 0.4) is 0 Å². The van der Waals surface area contributed by atoms with Gasteiger partial charge in [-0.1, -0.05) is 0 Å². The minimum absolute atomic E-state index is 0.131. The molecule has 0 bridgehead atoms. The molecule has 0 aliphatic rings. The number of halogens is 1. The van der Waals surface area contributed by atoms with Crippen molar-refractivity contribution < 1.29 is 32.9 Å². The second kappa shape index (κ2) is 6.60. The lowest BCUT2D eigenvalue weighted by Gasteiger charge is -2.17. The van der Waals surface area contributed by atoms with Gasteiger partial charge in [0.1, 0.15) is 18.2 Å². The summed E-state index contributed by atoms with van der Waals surface area (Å²) in [6.45, 7) is 0.0214. The molecule has 0 amide bonds. The molecule has 0 spiro atoms. The summed E-state index contributed by atoms with van der Waals surface area (Å²) in [4.78, 5) is 38.2. The fourth-order valence-electron chi connectivity index (χ4n) is 1.72. The van der Waals surface area contributed by atoms with Crippen LogP contribution in [0.1, 0.15) is 0 Å². The first-order valence-corrected chi connectivity index (χ1v) is 9.72. The van der Waals surface area contributed by atoms with Crippen LogP contribution in [0.2, 0.25) is 0 Å². The molecule has 2 aromatic heterocycles. The number of rotatable bonds is 7. The number of anilines is 1. The number of imidazole rings is 1. The second-order valence-corrected chi connectivity index (χ2v) is 8.82. The predicted octanol–water partition coefficient (Wildman–Crippen LogP) is 0.0838. The third-order valence-corrected chi connectivity index (χ3v) is 6.55. The number of alkyl halides is 1. The maximum absolute atomic E-state index is 13.2. The van der Waals surface area contributed by atoms with Gasteiger partial charge in [0.25, 0.3) is 13.0 Å². The molecule has 128 valence electrons. The maximum atomic E-state index is 13.2. The standard InChI is InChI=1S/C9H14FN5O6P2/c10-9(23(18,19)20)22(16,17)5-21-2-1-15-4-14-6-7(11)12-3-13-8(6)15/h3-4,9H,1-2,5H2,(H,16,17)(H2,11,12,13)(H2,18,19,20). The van der Waals surface area contributed by atoms with E-state index >= 15 is 0 Å². The lowest BCUT2D eigenvalue weighted by atomic mass is 10.5. The van der Waals surface area contributed by atoms with Crippen molar-refractivity contribution in [3.05, 3.63) is 12.7 Å². The van der Waals surface area contributed by atoms with Crippen molar-refractivity contribution >= 4 is 31.9 Å². The van der Waals surface area contributed by atoms with Crippen molar-refractivity contribution in [2.75, 3.05) is 18.7 Å². The Bertz CT molecular complexity index is 794. The van der Waals surface area contributed by atoms with Crippen LogP contribution in [-0.4, -0.2) is 52.8 Å². The van der Waals surface area contributed by atoms with E-state index in [-0.39, 0.29) is 19.0 Å². The van der Waals surface area contributed by atoms with Crippen molar-refractivity contribution in [2.24, 2.45) is 0 Å². The van der Waals surface area contributed by atoms with Gasteiger partial charge in [0.05, 0.1) is 12.9 Å². The molecule has 0 saturated carbocycles. The summed E-state index contributed by atoms with van der Waals surface area (Å²) < 4.78 is 41.8. The van der Waals surface area contributed by atoms with Gasteiger partial charge in [-0.25, -0.2) is 19.3 Å². The van der Waals surface area contributed by atoms with Gasteiger partial charge in [-0.05, 0) is 0 Å². The minimum Gasteiger partial charge on any atom is -0.382 e. The Labute approximate surface area is 128 Å². The molecule has 0 aliphatic carbocycles. The highest BCUT2D eigenvalue weighted by atomic mass is 31.2. The zero-order chi connectivity index (χ0) is 17.3. The maximum Gasteiger partial charge on any atom is 0.369 e. The number of fused-ring (bicyclic) bond motifs is 1. The first-order valence-electron chi connectivity index (χ1n) is 6.13. The highest BCUT2D eigenvalue weighted by molar-refractivity contribution is 7.73.